The highest BCUT2D eigenvalue weighted by atomic mass is 16.6. The van der Waals surface area contributed by atoms with E-state index in [9.17, 15) is 10.1 Å². The summed E-state index contributed by atoms with van der Waals surface area (Å²) in [5, 5.41) is 11.1. The van der Waals surface area contributed by atoms with Gasteiger partial charge in [-0.1, -0.05) is 54.6 Å². The molecule has 2 aromatic rings. The Kier molecular flexibility index (Phi) is 2.96. The van der Waals surface area contributed by atoms with E-state index in [1.807, 2.05) is 6.07 Å². The van der Waals surface area contributed by atoms with Crippen LogP contribution in [0, 0.1) is 16.2 Å². The molecule has 16 heavy (non-hydrogen) atoms. The van der Waals surface area contributed by atoms with Crippen LogP contribution in [0.25, 0.3) is 0 Å². The average molecular weight is 212 g/mol. The van der Waals surface area contributed by atoms with Crippen molar-refractivity contribution in [2.45, 2.75) is 6.04 Å². The third-order valence-electron chi connectivity index (χ3n) is 2.35. The Morgan fingerprint density at radius 3 is 2.31 bits per heavy atom. The minimum Gasteiger partial charge on any atom is -0.264 e. The fraction of sp³-hybridized carbons (Fsp3) is 0.0769. The monoisotopic (exact) mass is 212 g/mol. The molecule has 79 valence electrons. The van der Waals surface area contributed by atoms with Crippen molar-refractivity contribution in [1.29, 1.82) is 0 Å². The van der Waals surface area contributed by atoms with Gasteiger partial charge < -0.3 is 0 Å². The molecule has 0 aliphatic heterocycles. The second kappa shape index (κ2) is 4.57. The summed E-state index contributed by atoms with van der Waals surface area (Å²) in [6.07, 6.45) is 0. The molecule has 2 rings (SSSR count). The molecular formula is C13H10NO2. The van der Waals surface area contributed by atoms with Crippen LogP contribution >= 0.6 is 0 Å². The fourth-order valence-electron chi connectivity index (χ4n) is 1.63. The van der Waals surface area contributed by atoms with Crippen LogP contribution < -0.4 is 0 Å². The lowest BCUT2D eigenvalue weighted by Crippen LogP contribution is -2.11. The molecule has 0 aromatic heterocycles. The van der Waals surface area contributed by atoms with Gasteiger partial charge in [0.2, 0.25) is 0 Å². The highest BCUT2D eigenvalue weighted by Crippen LogP contribution is 2.24. The first kappa shape index (κ1) is 10.4. The van der Waals surface area contributed by atoms with Crippen LogP contribution in [0.4, 0.5) is 0 Å². The van der Waals surface area contributed by atoms with E-state index in [1.54, 1.807) is 48.5 Å². The molecule has 0 aliphatic rings. The second-order valence-electron chi connectivity index (χ2n) is 3.42. The number of rotatable bonds is 3. The number of nitrogens with zero attached hydrogens (tertiary/aromatic N) is 1. The lowest BCUT2D eigenvalue weighted by Gasteiger charge is -2.09. The topological polar surface area (TPSA) is 43.1 Å². The molecule has 0 N–H and O–H groups in total. The SMILES string of the molecule is O=[N+]([O-])C(c1[c]cccc1)c1ccccc1. The summed E-state index contributed by atoms with van der Waals surface area (Å²) < 4.78 is 0. The Balaban J connectivity index is 2.44. The van der Waals surface area contributed by atoms with Crippen LogP contribution in [0.1, 0.15) is 17.2 Å². The van der Waals surface area contributed by atoms with Crippen molar-refractivity contribution in [3.63, 3.8) is 0 Å². The third-order valence-corrected chi connectivity index (χ3v) is 2.35. The van der Waals surface area contributed by atoms with Crippen LogP contribution in [0.5, 0.6) is 0 Å². The van der Waals surface area contributed by atoms with Gasteiger partial charge in [-0.3, -0.25) is 10.1 Å². The van der Waals surface area contributed by atoms with Gasteiger partial charge in [0, 0.05) is 16.1 Å². The highest BCUT2D eigenvalue weighted by Gasteiger charge is 2.24. The summed E-state index contributed by atoms with van der Waals surface area (Å²) in [6, 6.07) is 18.0. The first-order valence-corrected chi connectivity index (χ1v) is 4.94. The van der Waals surface area contributed by atoms with Gasteiger partial charge in [0.1, 0.15) is 0 Å². The lowest BCUT2D eigenvalue weighted by molar-refractivity contribution is -0.517. The molecule has 3 heteroatoms. The zero-order valence-electron chi connectivity index (χ0n) is 8.54. The molecule has 0 aliphatic carbocycles. The van der Waals surface area contributed by atoms with E-state index in [-0.39, 0.29) is 4.92 Å². The van der Waals surface area contributed by atoms with Gasteiger partial charge in [0.05, 0.1) is 0 Å². The molecule has 0 bridgehead atoms. The first-order chi connectivity index (χ1) is 7.79. The van der Waals surface area contributed by atoms with Crippen molar-refractivity contribution < 1.29 is 4.92 Å². The zero-order chi connectivity index (χ0) is 11.4. The third kappa shape index (κ3) is 2.08. The Hall–Kier alpha value is -2.16. The zero-order valence-corrected chi connectivity index (χ0v) is 8.54. The number of hydrogen-bond donors (Lipinski definition) is 0. The molecule has 0 heterocycles. The Labute approximate surface area is 93.5 Å². The standard InChI is InChI=1S/C13H10NO2/c15-14(16)13(11-7-3-1-4-8-11)12-9-5-2-6-10-12/h1-9,13H. The minimum absolute atomic E-state index is 0.291. The highest BCUT2D eigenvalue weighted by molar-refractivity contribution is 5.28. The van der Waals surface area contributed by atoms with E-state index in [1.165, 1.54) is 0 Å². The number of hydrogen-bond acceptors (Lipinski definition) is 2. The molecule has 0 saturated carbocycles. The van der Waals surface area contributed by atoms with Gasteiger partial charge in [-0.05, 0) is 6.07 Å². The van der Waals surface area contributed by atoms with E-state index in [4.69, 9.17) is 0 Å². The van der Waals surface area contributed by atoms with Crippen LogP contribution in [0.3, 0.4) is 0 Å². The van der Waals surface area contributed by atoms with Crippen LogP contribution in [-0.2, 0) is 0 Å². The molecule has 1 unspecified atom stereocenters. The quantitative estimate of drug-likeness (QED) is 0.580. The molecule has 1 atom stereocenters. The van der Waals surface area contributed by atoms with Crippen LogP contribution in [-0.4, -0.2) is 4.92 Å². The summed E-state index contributed by atoms with van der Waals surface area (Å²) in [7, 11) is 0. The van der Waals surface area contributed by atoms with Crippen molar-refractivity contribution in [3.05, 3.63) is 81.9 Å². The summed E-state index contributed by atoms with van der Waals surface area (Å²) >= 11 is 0. The summed E-state index contributed by atoms with van der Waals surface area (Å²) in [4.78, 5) is 10.8. The van der Waals surface area contributed by atoms with E-state index >= 15 is 0 Å². The molecular weight excluding hydrogens is 202 g/mol. The molecule has 0 amide bonds. The van der Waals surface area contributed by atoms with Gasteiger partial charge >= 0.3 is 0 Å². The number of benzene rings is 2. The summed E-state index contributed by atoms with van der Waals surface area (Å²) in [5.74, 6) is 0. The summed E-state index contributed by atoms with van der Waals surface area (Å²) in [6.45, 7) is 0. The number of nitro groups is 1. The Morgan fingerprint density at radius 2 is 1.75 bits per heavy atom. The minimum atomic E-state index is -0.831. The fourth-order valence-corrected chi connectivity index (χ4v) is 1.63. The Bertz CT molecular complexity index is 428. The summed E-state index contributed by atoms with van der Waals surface area (Å²) in [5.41, 5.74) is 1.26. The van der Waals surface area contributed by atoms with Gasteiger partial charge in [-0.25, -0.2) is 0 Å². The maximum atomic E-state index is 11.1. The largest absolute Gasteiger partial charge is 0.264 e. The predicted octanol–water partition coefficient (Wildman–Crippen LogP) is 2.85. The molecule has 3 nitrogen and oxygen atoms in total. The van der Waals surface area contributed by atoms with Gasteiger partial charge in [-0.15, -0.1) is 0 Å². The molecule has 0 fully saturated rings. The van der Waals surface area contributed by atoms with Gasteiger partial charge in [-0.2, -0.15) is 0 Å². The maximum absolute atomic E-state index is 11.1. The van der Waals surface area contributed by atoms with Crippen molar-refractivity contribution in [2.75, 3.05) is 0 Å². The predicted molar refractivity (Wildman–Crippen MR) is 60.6 cm³/mol. The molecule has 0 saturated heterocycles. The van der Waals surface area contributed by atoms with Crippen molar-refractivity contribution in [3.8, 4) is 0 Å². The van der Waals surface area contributed by atoms with Crippen LogP contribution in [0.15, 0.2) is 54.6 Å². The van der Waals surface area contributed by atoms with Crippen LogP contribution in [0.2, 0.25) is 0 Å². The van der Waals surface area contributed by atoms with Crippen molar-refractivity contribution in [1.82, 2.24) is 0 Å². The van der Waals surface area contributed by atoms with Gasteiger partial charge in [0.15, 0.2) is 0 Å². The molecule has 2 aromatic carbocycles. The molecule has 1 radical (unpaired) electrons. The average Bonchev–Trinajstić information content (AvgIpc) is 2.31. The lowest BCUT2D eigenvalue weighted by atomic mass is 10.00. The van der Waals surface area contributed by atoms with Crippen molar-refractivity contribution >= 4 is 0 Å². The normalized spacial score (nSPS) is 10.3. The van der Waals surface area contributed by atoms with E-state index < -0.39 is 6.04 Å². The van der Waals surface area contributed by atoms with E-state index in [0.717, 1.165) is 0 Å². The smallest absolute Gasteiger partial charge is 0.263 e. The Morgan fingerprint density at radius 1 is 1.06 bits per heavy atom. The van der Waals surface area contributed by atoms with E-state index in [2.05, 4.69) is 6.07 Å². The van der Waals surface area contributed by atoms with E-state index in [0.29, 0.717) is 11.1 Å². The van der Waals surface area contributed by atoms with Gasteiger partial charge in [0.25, 0.3) is 6.04 Å². The van der Waals surface area contributed by atoms with Crippen molar-refractivity contribution in [2.24, 2.45) is 0 Å². The molecule has 0 spiro atoms. The second-order valence-corrected chi connectivity index (χ2v) is 3.42. The maximum Gasteiger partial charge on any atom is 0.263 e. The first-order valence-electron chi connectivity index (χ1n) is 4.94.